The molecule has 0 fully saturated rings. The third-order valence-electron chi connectivity index (χ3n) is 3.79. The smallest absolute Gasteiger partial charge is 0.251 e. The van der Waals surface area contributed by atoms with E-state index < -0.39 is 0 Å². The molecule has 0 saturated heterocycles. The van der Waals surface area contributed by atoms with Gasteiger partial charge in [-0.25, -0.2) is 0 Å². The summed E-state index contributed by atoms with van der Waals surface area (Å²) in [6.07, 6.45) is 5.11. The molecule has 1 atom stereocenters. The summed E-state index contributed by atoms with van der Waals surface area (Å²) in [5, 5.41) is 7.15. The van der Waals surface area contributed by atoms with E-state index in [9.17, 15) is 4.79 Å². The summed E-state index contributed by atoms with van der Waals surface area (Å²) in [7, 11) is 3.09. The second-order valence-corrected chi connectivity index (χ2v) is 5.33. The zero-order valence-electron chi connectivity index (χ0n) is 14.0. The van der Waals surface area contributed by atoms with Crippen molar-refractivity contribution in [1.29, 1.82) is 0 Å². The normalized spacial score (nSPS) is 11.8. The van der Waals surface area contributed by atoms with Gasteiger partial charge < -0.3 is 19.2 Å². The van der Waals surface area contributed by atoms with Gasteiger partial charge in [-0.15, -0.1) is 0 Å². The monoisotopic (exact) mass is 341 g/mol. The molecule has 7 heteroatoms. The number of carbonyl (C=O) groups is 1. The predicted octanol–water partition coefficient (Wildman–Crippen LogP) is 2.51. The Morgan fingerprint density at radius 1 is 1.24 bits per heavy atom. The zero-order chi connectivity index (χ0) is 17.6. The first-order chi connectivity index (χ1) is 12.2. The Morgan fingerprint density at radius 2 is 2.00 bits per heavy atom. The lowest BCUT2D eigenvalue weighted by Gasteiger charge is -2.16. The number of rotatable bonds is 7. The lowest BCUT2D eigenvalue weighted by molar-refractivity contribution is 0.0947. The fraction of sp³-hybridized carbons (Fsp3) is 0.222. The molecular weight excluding hydrogens is 322 g/mol. The summed E-state index contributed by atoms with van der Waals surface area (Å²) in [5.41, 5.74) is 0.454. The minimum Gasteiger partial charge on any atom is -0.497 e. The summed E-state index contributed by atoms with van der Waals surface area (Å²) < 4.78 is 17.6. The maximum atomic E-state index is 12.5. The number of methoxy groups -OCH3 is 2. The Morgan fingerprint density at radius 3 is 2.56 bits per heavy atom. The number of hydrogen-bond acceptors (Lipinski definition) is 5. The third kappa shape index (κ3) is 3.82. The molecule has 3 aromatic rings. The van der Waals surface area contributed by atoms with Crippen LogP contribution < -0.4 is 14.8 Å². The van der Waals surface area contributed by atoms with E-state index in [-0.39, 0.29) is 11.9 Å². The number of benzene rings is 1. The van der Waals surface area contributed by atoms with Gasteiger partial charge in [-0.05, 0) is 30.3 Å². The number of nitrogens with zero attached hydrogens (tertiary/aromatic N) is 2. The molecule has 1 N–H and O–H groups in total. The van der Waals surface area contributed by atoms with Gasteiger partial charge in [-0.2, -0.15) is 5.10 Å². The first-order valence-electron chi connectivity index (χ1n) is 7.75. The summed E-state index contributed by atoms with van der Waals surface area (Å²) in [4.78, 5) is 12.5. The average Bonchev–Trinajstić information content (AvgIpc) is 3.35. The lowest BCUT2D eigenvalue weighted by Crippen LogP contribution is -2.31. The van der Waals surface area contributed by atoms with Crippen molar-refractivity contribution >= 4 is 5.91 Å². The van der Waals surface area contributed by atoms with Crippen molar-refractivity contribution < 1.29 is 18.7 Å². The van der Waals surface area contributed by atoms with Crippen LogP contribution in [0, 0.1) is 0 Å². The summed E-state index contributed by atoms with van der Waals surface area (Å²) in [6.45, 7) is 0.327. The topological polar surface area (TPSA) is 78.5 Å². The largest absolute Gasteiger partial charge is 0.497 e. The molecule has 0 bridgehead atoms. The second-order valence-electron chi connectivity index (χ2n) is 5.33. The molecule has 0 saturated carbocycles. The van der Waals surface area contributed by atoms with Crippen LogP contribution in [0.5, 0.6) is 11.5 Å². The summed E-state index contributed by atoms with van der Waals surface area (Å²) in [6, 6.07) is 10.3. The highest BCUT2D eigenvalue weighted by Crippen LogP contribution is 2.23. The van der Waals surface area contributed by atoms with Crippen molar-refractivity contribution in [2.75, 3.05) is 20.8 Å². The van der Waals surface area contributed by atoms with Crippen molar-refractivity contribution in [2.45, 2.75) is 6.04 Å². The Hall–Kier alpha value is -3.22. The Kier molecular flexibility index (Phi) is 5.03. The van der Waals surface area contributed by atoms with Crippen molar-refractivity contribution in [3.63, 3.8) is 0 Å². The van der Waals surface area contributed by atoms with Gasteiger partial charge in [0.05, 0.1) is 20.5 Å². The zero-order valence-corrected chi connectivity index (χ0v) is 14.0. The number of furan rings is 1. The van der Waals surface area contributed by atoms with Crippen LogP contribution in [0.2, 0.25) is 0 Å². The predicted molar refractivity (Wildman–Crippen MR) is 91.0 cm³/mol. The second kappa shape index (κ2) is 7.57. The highest BCUT2D eigenvalue weighted by molar-refractivity contribution is 5.95. The van der Waals surface area contributed by atoms with Crippen molar-refractivity contribution in [3.8, 4) is 11.5 Å². The Labute approximate surface area is 145 Å². The van der Waals surface area contributed by atoms with Crippen LogP contribution >= 0.6 is 0 Å². The molecule has 0 spiro atoms. The molecule has 130 valence electrons. The van der Waals surface area contributed by atoms with Crippen molar-refractivity contribution in [1.82, 2.24) is 15.1 Å². The SMILES string of the molecule is COc1cc(OC)cc(C(=O)NCC(c2ccco2)n2cccn2)c1. The van der Waals surface area contributed by atoms with Crippen molar-refractivity contribution in [2.24, 2.45) is 0 Å². The van der Waals surface area contributed by atoms with E-state index in [0.717, 1.165) is 0 Å². The molecule has 0 aliphatic carbocycles. The first kappa shape index (κ1) is 16.6. The van der Waals surface area contributed by atoms with Gasteiger partial charge in [0.1, 0.15) is 23.3 Å². The van der Waals surface area contributed by atoms with Crippen LogP contribution in [0.25, 0.3) is 0 Å². The van der Waals surface area contributed by atoms with Gasteiger partial charge in [0, 0.05) is 30.6 Å². The fourth-order valence-electron chi connectivity index (χ4n) is 2.50. The highest BCUT2D eigenvalue weighted by atomic mass is 16.5. The van der Waals surface area contributed by atoms with Gasteiger partial charge in [-0.1, -0.05) is 0 Å². The summed E-state index contributed by atoms with van der Waals surface area (Å²) in [5.74, 6) is 1.59. The quantitative estimate of drug-likeness (QED) is 0.714. The molecular formula is C18H19N3O4. The molecule has 1 amide bonds. The molecule has 1 unspecified atom stereocenters. The van der Waals surface area contributed by atoms with E-state index in [1.807, 2.05) is 18.3 Å². The molecule has 2 heterocycles. The van der Waals surface area contributed by atoms with Gasteiger partial charge in [0.25, 0.3) is 5.91 Å². The summed E-state index contributed by atoms with van der Waals surface area (Å²) >= 11 is 0. The van der Waals surface area contributed by atoms with Crippen LogP contribution in [-0.4, -0.2) is 36.5 Å². The molecule has 7 nitrogen and oxygen atoms in total. The molecule has 2 aromatic heterocycles. The van der Waals surface area contributed by atoms with Crippen LogP contribution in [0.1, 0.15) is 22.2 Å². The standard InChI is InChI=1S/C18H19N3O4/c1-23-14-9-13(10-15(11-14)24-2)18(22)19-12-16(17-5-3-8-25-17)21-7-4-6-20-21/h3-11,16H,12H2,1-2H3,(H,19,22). The van der Waals surface area contributed by atoms with Crippen LogP contribution in [0.4, 0.5) is 0 Å². The van der Waals surface area contributed by atoms with Gasteiger partial charge in [-0.3, -0.25) is 9.48 Å². The van der Waals surface area contributed by atoms with Crippen molar-refractivity contribution in [3.05, 3.63) is 66.4 Å². The van der Waals surface area contributed by atoms with Crippen LogP contribution in [0.3, 0.4) is 0 Å². The number of hydrogen-bond donors (Lipinski definition) is 1. The average molecular weight is 341 g/mol. The molecule has 25 heavy (non-hydrogen) atoms. The molecule has 0 aliphatic heterocycles. The molecule has 1 aromatic carbocycles. The third-order valence-corrected chi connectivity index (χ3v) is 3.79. The van der Waals surface area contributed by atoms with Crippen LogP contribution in [-0.2, 0) is 0 Å². The Balaban J connectivity index is 1.76. The fourth-order valence-corrected chi connectivity index (χ4v) is 2.50. The number of ether oxygens (including phenoxy) is 2. The molecule has 0 aliphatic rings. The van der Waals surface area contributed by atoms with E-state index >= 15 is 0 Å². The first-order valence-corrected chi connectivity index (χ1v) is 7.75. The number of nitrogens with one attached hydrogen (secondary N) is 1. The van der Waals surface area contributed by atoms with Gasteiger partial charge in [0.2, 0.25) is 0 Å². The van der Waals surface area contributed by atoms with E-state index in [2.05, 4.69) is 10.4 Å². The van der Waals surface area contributed by atoms with E-state index in [4.69, 9.17) is 13.9 Å². The number of amides is 1. The van der Waals surface area contributed by atoms with E-state index in [0.29, 0.717) is 29.4 Å². The minimum absolute atomic E-state index is 0.235. The highest BCUT2D eigenvalue weighted by Gasteiger charge is 2.19. The van der Waals surface area contributed by atoms with Gasteiger partial charge >= 0.3 is 0 Å². The molecule has 0 radical (unpaired) electrons. The van der Waals surface area contributed by atoms with E-state index in [1.54, 1.807) is 55.6 Å². The van der Waals surface area contributed by atoms with Crippen LogP contribution in [0.15, 0.2) is 59.5 Å². The van der Waals surface area contributed by atoms with Gasteiger partial charge in [0.15, 0.2) is 0 Å². The Bertz CT molecular complexity index is 756. The maximum Gasteiger partial charge on any atom is 0.251 e. The lowest BCUT2D eigenvalue weighted by atomic mass is 10.1. The van der Waals surface area contributed by atoms with E-state index in [1.165, 1.54) is 0 Å². The molecule has 3 rings (SSSR count). The minimum atomic E-state index is -0.235. The maximum absolute atomic E-state index is 12.5. The number of carbonyl (C=O) groups excluding carboxylic acids is 1. The number of aromatic nitrogens is 2.